The molecule has 0 spiro atoms. The second-order valence-electron chi connectivity index (χ2n) is 4.27. The van der Waals surface area contributed by atoms with E-state index in [1.165, 1.54) is 7.11 Å². The summed E-state index contributed by atoms with van der Waals surface area (Å²) in [5.74, 6) is 0.610. The highest BCUT2D eigenvalue weighted by atomic mass is 79.9. The topological polar surface area (TPSA) is 44.8 Å². The van der Waals surface area contributed by atoms with E-state index in [9.17, 15) is 4.79 Å². The van der Waals surface area contributed by atoms with Gasteiger partial charge in [-0.05, 0) is 29.8 Å². The Morgan fingerprint density at radius 3 is 2.57 bits per heavy atom. The summed E-state index contributed by atoms with van der Waals surface area (Å²) in [7, 11) is 3.06. The number of ether oxygens (including phenoxy) is 3. The van der Waals surface area contributed by atoms with Crippen LogP contribution in [-0.2, 0) is 11.3 Å². The summed E-state index contributed by atoms with van der Waals surface area (Å²) in [6.07, 6.45) is 0. The van der Waals surface area contributed by atoms with Crippen LogP contribution in [0.3, 0.4) is 0 Å². The maximum absolute atomic E-state index is 12.1. The predicted octanol–water partition coefficient (Wildman–Crippen LogP) is 3.82. The monoisotopic (exact) mass is 350 g/mol. The van der Waals surface area contributed by atoms with Crippen LogP contribution in [0.15, 0.2) is 46.9 Å². The number of benzene rings is 2. The first kappa shape index (κ1) is 15.4. The lowest BCUT2D eigenvalue weighted by Crippen LogP contribution is -2.07. The normalized spacial score (nSPS) is 10.0. The Morgan fingerprint density at radius 2 is 1.90 bits per heavy atom. The molecule has 4 nitrogen and oxygen atoms in total. The average Bonchev–Trinajstić information content (AvgIpc) is 2.52. The fourth-order valence-electron chi connectivity index (χ4n) is 1.82. The summed E-state index contributed by atoms with van der Waals surface area (Å²) in [4.78, 5) is 12.1. The van der Waals surface area contributed by atoms with Gasteiger partial charge in [0, 0.05) is 10.5 Å². The Labute approximate surface area is 131 Å². The molecule has 2 rings (SSSR count). The first-order valence-electron chi connectivity index (χ1n) is 6.27. The van der Waals surface area contributed by atoms with Crippen molar-refractivity contribution in [1.29, 1.82) is 0 Å². The molecule has 0 saturated heterocycles. The highest BCUT2D eigenvalue weighted by Crippen LogP contribution is 2.25. The first-order chi connectivity index (χ1) is 10.1. The van der Waals surface area contributed by atoms with E-state index in [4.69, 9.17) is 14.2 Å². The van der Waals surface area contributed by atoms with Gasteiger partial charge in [-0.1, -0.05) is 28.1 Å². The molecule has 0 aliphatic carbocycles. The Morgan fingerprint density at radius 1 is 1.10 bits per heavy atom. The molecule has 0 amide bonds. The minimum absolute atomic E-state index is 0.202. The van der Waals surface area contributed by atoms with Crippen LogP contribution < -0.4 is 9.47 Å². The average molecular weight is 351 g/mol. The van der Waals surface area contributed by atoms with Gasteiger partial charge in [-0.3, -0.25) is 0 Å². The van der Waals surface area contributed by atoms with Crippen molar-refractivity contribution in [2.45, 2.75) is 6.61 Å². The molecular weight excluding hydrogens is 336 g/mol. The zero-order chi connectivity index (χ0) is 15.2. The Balaban J connectivity index is 2.10. The fourth-order valence-corrected chi connectivity index (χ4v) is 2.27. The van der Waals surface area contributed by atoms with Crippen molar-refractivity contribution >= 4 is 21.9 Å². The van der Waals surface area contributed by atoms with E-state index in [0.717, 1.165) is 10.0 Å². The third-order valence-electron chi connectivity index (χ3n) is 2.89. The summed E-state index contributed by atoms with van der Waals surface area (Å²) in [5.41, 5.74) is 1.28. The van der Waals surface area contributed by atoms with Gasteiger partial charge in [0.25, 0.3) is 0 Å². The molecule has 0 aliphatic heterocycles. The molecule has 0 fully saturated rings. The largest absolute Gasteiger partial charge is 0.497 e. The highest BCUT2D eigenvalue weighted by molar-refractivity contribution is 9.10. The van der Waals surface area contributed by atoms with Crippen LogP contribution >= 0.6 is 15.9 Å². The van der Waals surface area contributed by atoms with Crippen LogP contribution in [0.5, 0.6) is 11.5 Å². The number of carbonyl (C=O) groups excluding carboxylic acids is 1. The molecule has 2 aromatic carbocycles. The lowest BCUT2D eigenvalue weighted by Gasteiger charge is -2.10. The zero-order valence-electron chi connectivity index (χ0n) is 11.8. The molecule has 0 aromatic heterocycles. The first-order valence-corrected chi connectivity index (χ1v) is 7.07. The number of halogens is 1. The van der Waals surface area contributed by atoms with E-state index < -0.39 is 5.97 Å². The van der Waals surface area contributed by atoms with Crippen molar-refractivity contribution in [3.8, 4) is 11.5 Å². The summed E-state index contributed by atoms with van der Waals surface area (Å²) < 4.78 is 16.5. The lowest BCUT2D eigenvalue weighted by atomic mass is 10.2. The van der Waals surface area contributed by atoms with Crippen molar-refractivity contribution in [2.24, 2.45) is 0 Å². The van der Waals surface area contributed by atoms with Gasteiger partial charge in [-0.2, -0.15) is 0 Å². The molecule has 110 valence electrons. The number of hydrogen-bond donors (Lipinski definition) is 0. The van der Waals surface area contributed by atoms with Crippen LogP contribution in [0.4, 0.5) is 0 Å². The molecule has 0 aliphatic rings. The maximum atomic E-state index is 12.1. The number of esters is 1. The predicted molar refractivity (Wildman–Crippen MR) is 82.8 cm³/mol. The molecule has 21 heavy (non-hydrogen) atoms. The Bertz CT molecular complexity index is 640. The van der Waals surface area contributed by atoms with Crippen molar-refractivity contribution in [1.82, 2.24) is 0 Å². The van der Waals surface area contributed by atoms with E-state index in [1.807, 2.05) is 24.3 Å². The lowest BCUT2D eigenvalue weighted by molar-refractivity contribution is 0.0469. The van der Waals surface area contributed by atoms with E-state index in [0.29, 0.717) is 17.1 Å². The van der Waals surface area contributed by atoms with Gasteiger partial charge >= 0.3 is 5.97 Å². The number of methoxy groups -OCH3 is 2. The van der Waals surface area contributed by atoms with Gasteiger partial charge in [0.1, 0.15) is 23.7 Å². The fraction of sp³-hybridized carbons (Fsp3) is 0.188. The van der Waals surface area contributed by atoms with Crippen LogP contribution in [0.2, 0.25) is 0 Å². The second kappa shape index (κ2) is 7.13. The molecule has 0 bridgehead atoms. The number of hydrogen-bond acceptors (Lipinski definition) is 4. The molecule has 0 heterocycles. The SMILES string of the molecule is COc1ccc(C(=O)OCc2cccc(Br)c2)c(OC)c1. The van der Waals surface area contributed by atoms with Crippen molar-refractivity contribution in [3.63, 3.8) is 0 Å². The molecule has 2 aromatic rings. The molecule has 0 unspecified atom stereocenters. The minimum Gasteiger partial charge on any atom is -0.497 e. The quantitative estimate of drug-likeness (QED) is 0.769. The molecule has 5 heteroatoms. The van der Waals surface area contributed by atoms with E-state index in [1.54, 1.807) is 25.3 Å². The molecule has 0 saturated carbocycles. The Hall–Kier alpha value is -2.01. The van der Waals surface area contributed by atoms with Crippen LogP contribution in [0, 0.1) is 0 Å². The third kappa shape index (κ3) is 3.98. The van der Waals surface area contributed by atoms with Gasteiger partial charge in [0.15, 0.2) is 0 Å². The summed E-state index contributed by atoms with van der Waals surface area (Å²) in [6, 6.07) is 12.6. The van der Waals surface area contributed by atoms with E-state index >= 15 is 0 Å². The summed E-state index contributed by atoms with van der Waals surface area (Å²) in [6.45, 7) is 0.202. The molecule has 0 atom stereocenters. The molecular formula is C16H15BrO4. The maximum Gasteiger partial charge on any atom is 0.342 e. The van der Waals surface area contributed by atoms with Crippen molar-refractivity contribution in [3.05, 3.63) is 58.1 Å². The number of carbonyl (C=O) groups is 1. The minimum atomic E-state index is -0.436. The molecule has 0 N–H and O–H groups in total. The molecule has 0 radical (unpaired) electrons. The standard InChI is InChI=1S/C16H15BrO4/c1-19-13-6-7-14(15(9-13)20-2)16(18)21-10-11-4-3-5-12(17)8-11/h3-9H,10H2,1-2H3. The summed E-state index contributed by atoms with van der Waals surface area (Å²) >= 11 is 3.38. The van der Waals surface area contributed by atoms with Gasteiger partial charge in [0.2, 0.25) is 0 Å². The zero-order valence-corrected chi connectivity index (χ0v) is 13.3. The van der Waals surface area contributed by atoms with E-state index in [2.05, 4.69) is 15.9 Å². The van der Waals surface area contributed by atoms with Gasteiger partial charge in [-0.25, -0.2) is 4.79 Å². The smallest absolute Gasteiger partial charge is 0.342 e. The van der Waals surface area contributed by atoms with Crippen LogP contribution in [-0.4, -0.2) is 20.2 Å². The highest BCUT2D eigenvalue weighted by Gasteiger charge is 2.14. The van der Waals surface area contributed by atoms with Gasteiger partial charge < -0.3 is 14.2 Å². The third-order valence-corrected chi connectivity index (χ3v) is 3.38. The summed E-state index contributed by atoms with van der Waals surface area (Å²) in [5, 5.41) is 0. The second-order valence-corrected chi connectivity index (χ2v) is 5.19. The van der Waals surface area contributed by atoms with Crippen LogP contribution in [0.25, 0.3) is 0 Å². The van der Waals surface area contributed by atoms with Crippen LogP contribution in [0.1, 0.15) is 15.9 Å². The van der Waals surface area contributed by atoms with Gasteiger partial charge in [-0.15, -0.1) is 0 Å². The van der Waals surface area contributed by atoms with Gasteiger partial charge in [0.05, 0.1) is 14.2 Å². The van der Waals surface area contributed by atoms with E-state index in [-0.39, 0.29) is 6.61 Å². The van der Waals surface area contributed by atoms with Crippen molar-refractivity contribution < 1.29 is 19.0 Å². The number of rotatable bonds is 5. The Kier molecular flexibility index (Phi) is 5.22. The van der Waals surface area contributed by atoms with Crippen molar-refractivity contribution in [2.75, 3.05) is 14.2 Å².